The van der Waals surface area contributed by atoms with Gasteiger partial charge in [0.2, 0.25) is 15.9 Å². The number of methoxy groups -OCH3 is 3. The molecular weight excluding hydrogens is 408 g/mol. The number of hydrogen-bond donors (Lipinski definition) is 1. The van der Waals surface area contributed by atoms with Gasteiger partial charge < -0.3 is 19.5 Å². The van der Waals surface area contributed by atoms with Crippen LogP contribution in [0.25, 0.3) is 0 Å². The van der Waals surface area contributed by atoms with Crippen LogP contribution in [0.4, 0.5) is 5.69 Å². The second-order valence-electron chi connectivity index (χ2n) is 6.67. The first kappa shape index (κ1) is 23.3. The van der Waals surface area contributed by atoms with Gasteiger partial charge in [-0.15, -0.1) is 0 Å². The molecule has 30 heavy (non-hydrogen) atoms. The van der Waals surface area contributed by atoms with Crippen LogP contribution in [0, 0.1) is 0 Å². The van der Waals surface area contributed by atoms with Crippen molar-refractivity contribution < 1.29 is 27.4 Å². The summed E-state index contributed by atoms with van der Waals surface area (Å²) >= 11 is 0. The molecule has 2 aromatic carbocycles. The van der Waals surface area contributed by atoms with E-state index < -0.39 is 22.0 Å². The average Bonchev–Trinajstić information content (AvgIpc) is 2.72. The lowest BCUT2D eigenvalue weighted by Crippen LogP contribution is -2.48. The number of benzene rings is 2. The van der Waals surface area contributed by atoms with Crippen molar-refractivity contribution in [3.8, 4) is 17.2 Å². The molecule has 0 saturated heterocycles. The zero-order valence-corrected chi connectivity index (χ0v) is 18.7. The van der Waals surface area contributed by atoms with E-state index in [0.717, 1.165) is 16.1 Å². The Labute approximate surface area is 177 Å². The van der Waals surface area contributed by atoms with Crippen molar-refractivity contribution >= 4 is 21.6 Å². The number of carbonyl (C=O) groups excluding carboxylic acids is 1. The molecule has 9 heteroatoms. The predicted molar refractivity (Wildman–Crippen MR) is 116 cm³/mol. The Hall–Kier alpha value is -2.94. The molecule has 0 heterocycles. The van der Waals surface area contributed by atoms with Gasteiger partial charge in [0.25, 0.3) is 0 Å². The molecule has 2 aromatic rings. The first-order valence-electron chi connectivity index (χ1n) is 9.33. The van der Waals surface area contributed by atoms with Crippen molar-refractivity contribution in [3.05, 3.63) is 48.0 Å². The molecule has 8 nitrogen and oxygen atoms in total. The summed E-state index contributed by atoms with van der Waals surface area (Å²) in [6, 6.07) is 11.2. The monoisotopic (exact) mass is 436 g/mol. The molecule has 164 valence electrons. The van der Waals surface area contributed by atoms with Gasteiger partial charge in [-0.1, -0.05) is 12.1 Å². The number of amides is 1. The lowest BCUT2D eigenvalue weighted by atomic mass is 10.1. The number of anilines is 1. The van der Waals surface area contributed by atoms with Crippen molar-refractivity contribution in [2.45, 2.75) is 19.4 Å². The van der Waals surface area contributed by atoms with Gasteiger partial charge in [-0.25, -0.2) is 8.42 Å². The van der Waals surface area contributed by atoms with Gasteiger partial charge in [0.1, 0.15) is 11.8 Å². The zero-order chi connectivity index (χ0) is 22.3. The SMILES string of the molecule is COc1cccc(N(C(C)C(=O)NCCc2ccc(OC)c(OC)c2)S(C)(=O)=O)c1. The molecule has 0 bridgehead atoms. The molecule has 0 saturated carbocycles. The number of nitrogens with zero attached hydrogens (tertiary/aromatic N) is 1. The molecule has 0 aliphatic carbocycles. The molecule has 0 radical (unpaired) electrons. The highest BCUT2D eigenvalue weighted by Crippen LogP contribution is 2.28. The summed E-state index contributed by atoms with van der Waals surface area (Å²) < 4.78 is 41.5. The third kappa shape index (κ3) is 5.79. The standard InChI is InChI=1S/C21H28N2O6S/c1-15(23(30(5,25)26)17-7-6-8-18(14-17)27-2)21(24)22-12-11-16-9-10-19(28-3)20(13-16)29-4/h6-10,13-15H,11-12H2,1-5H3,(H,22,24). The summed E-state index contributed by atoms with van der Waals surface area (Å²) in [6.07, 6.45) is 1.62. The fraction of sp³-hybridized carbons (Fsp3) is 0.381. The van der Waals surface area contributed by atoms with Crippen LogP contribution in [0.15, 0.2) is 42.5 Å². The maximum Gasteiger partial charge on any atom is 0.243 e. The lowest BCUT2D eigenvalue weighted by molar-refractivity contribution is -0.121. The number of rotatable bonds is 10. The van der Waals surface area contributed by atoms with Crippen molar-refractivity contribution in [3.63, 3.8) is 0 Å². The predicted octanol–water partition coefficient (Wildman–Crippen LogP) is 2.23. The summed E-state index contributed by atoms with van der Waals surface area (Å²) in [5.41, 5.74) is 1.31. The Morgan fingerprint density at radius 3 is 2.33 bits per heavy atom. The third-order valence-corrected chi connectivity index (χ3v) is 5.80. The molecule has 1 unspecified atom stereocenters. The van der Waals surface area contributed by atoms with E-state index in [9.17, 15) is 13.2 Å². The van der Waals surface area contributed by atoms with Crippen LogP contribution >= 0.6 is 0 Å². The summed E-state index contributed by atoms with van der Waals surface area (Å²) in [4.78, 5) is 12.7. The molecule has 1 atom stereocenters. The van der Waals surface area contributed by atoms with Gasteiger partial charge >= 0.3 is 0 Å². The van der Waals surface area contributed by atoms with E-state index in [1.807, 2.05) is 12.1 Å². The van der Waals surface area contributed by atoms with E-state index in [1.54, 1.807) is 51.5 Å². The van der Waals surface area contributed by atoms with E-state index in [0.29, 0.717) is 35.9 Å². The quantitative estimate of drug-likeness (QED) is 0.614. The van der Waals surface area contributed by atoms with E-state index in [-0.39, 0.29) is 0 Å². The van der Waals surface area contributed by atoms with Crippen LogP contribution < -0.4 is 23.8 Å². The van der Waals surface area contributed by atoms with E-state index in [1.165, 1.54) is 7.11 Å². The van der Waals surface area contributed by atoms with Crippen molar-refractivity contribution in [1.29, 1.82) is 0 Å². The van der Waals surface area contributed by atoms with Gasteiger partial charge in [-0.05, 0) is 43.2 Å². The fourth-order valence-corrected chi connectivity index (χ4v) is 4.24. The average molecular weight is 437 g/mol. The molecule has 0 aliphatic heterocycles. The molecule has 0 aliphatic rings. The van der Waals surface area contributed by atoms with Gasteiger partial charge in [0, 0.05) is 12.6 Å². The lowest BCUT2D eigenvalue weighted by Gasteiger charge is -2.28. The van der Waals surface area contributed by atoms with E-state index in [2.05, 4.69) is 5.32 Å². The summed E-state index contributed by atoms with van der Waals surface area (Å²) in [5, 5.41) is 2.80. The van der Waals surface area contributed by atoms with Crippen molar-refractivity contribution in [2.24, 2.45) is 0 Å². The van der Waals surface area contributed by atoms with Crippen molar-refractivity contribution in [1.82, 2.24) is 5.32 Å². The smallest absolute Gasteiger partial charge is 0.243 e. The highest BCUT2D eigenvalue weighted by atomic mass is 32.2. The first-order valence-corrected chi connectivity index (χ1v) is 11.2. The van der Waals surface area contributed by atoms with Gasteiger partial charge in [-0.2, -0.15) is 0 Å². The summed E-state index contributed by atoms with van der Waals surface area (Å²) in [7, 11) is 0.923. The summed E-state index contributed by atoms with van der Waals surface area (Å²) in [6.45, 7) is 1.89. The molecular formula is C21H28N2O6S. The third-order valence-electron chi connectivity index (χ3n) is 4.56. The topological polar surface area (TPSA) is 94.2 Å². The van der Waals surface area contributed by atoms with Gasteiger partial charge in [-0.3, -0.25) is 9.10 Å². The highest BCUT2D eigenvalue weighted by molar-refractivity contribution is 7.92. The Balaban J connectivity index is 2.09. The van der Waals surface area contributed by atoms with Crippen LogP contribution in [0.1, 0.15) is 12.5 Å². The van der Waals surface area contributed by atoms with Crippen LogP contribution in [0.5, 0.6) is 17.2 Å². The Bertz CT molecular complexity index is 977. The first-order chi connectivity index (χ1) is 14.2. The minimum atomic E-state index is -3.69. The van der Waals surface area contributed by atoms with Gasteiger partial charge in [0.15, 0.2) is 11.5 Å². The maximum atomic E-state index is 12.7. The molecule has 0 fully saturated rings. The van der Waals surface area contributed by atoms with Crippen LogP contribution in [-0.2, 0) is 21.2 Å². The normalized spacial score (nSPS) is 12.0. The Kier molecular flexibility index (Phi) is 7.93. The number of ether oxygens (including phenoxy) is 3. The minimum absolute atomic E-state index is 0.342. The number of carbonyl (C=O) groups is 1. The zero-order valence-electron chi connectivity index (χ0n) is 17.8. The number of hydrogen-bond acceptors (Lipinski definition) is 6. The van der Waals surface area contributed by atoms with Crippen LogP contribution in [0.3, 0.4) is 0 Å². The Morgan fingerprint density at radius 1 is 1.03 bits per heavy atom. The summed E-state index contributed by atoms with van der Waals surface area (Å²) in [5.74, 6) is 1.34. The fourth-order valence-electron chi connectivity index (χ4n) is 3.07. The number of nitrogens with one attached hydrogen (secondary N) is 1. The maximum absolute atomic E-state index is 12.7. The Morgan fingerprint density at radius 2 is 1.73 bits per heavy atom. The van der Waals surface area contributed by atoms with Crippen LogP contribution in [0.2, 0.25) is 0 Å². The van der Waals surface area contributed by atoms with E-state index in [4.69, 9.17) is 14.2 Å². The van der Waals surface area contributed by atoms with Gasteiger partial charge in [0.05, 0.1) is 33.3 Å². The number of sulfonamides is 1. The molecule has 0 aromatic heterocycles. The highest BCUT2D eigenvalue weighted by Gasteiger charge is 2.29. The molecule has 0 spiro atoms. The molecule has 1 amide bonds. The van der Waals surface area contributed by atoms with Crippen LogP contribution in [-0.4, -0.2) is 54.5 Å². The molecule has 2 rings (SSSR count). The second kappa shape index (κ2) is 10.2. The second-order valence-corrected chi connectivity index (χ2v) is 8.53. The molecule has 1 N–H and O–H groups in total. The minimum Gasteiger partial charge on any atom is -0.497 e. The van der Waals surface area contributed by atoms with Crippen molar-refractivity contribution in [2.75, 3.05) is 38.4 Å². The largest absolute Gasteiger partial charge is 0.497 e. The van der Waals surface area contributed by atoms with E-state index >= 15 is 0 Å².